The van der Waals surface area contributed by atoms with E-state index in [0.717, 1.165) is 10.5 Å². The van der Waals surface area contributed by atoms with Crippen LogP contribution in [0.15, 0.2) is 45.8 Å². The van der Waals surface area contributed by atoms with E-state index in [9.17, 15) is 19.2 Å². The Labute approximate surface area is 201 Å². The van der Waals surface area contributed by atoms with Crippen molar-refractivity contribution in [2.75, 3.05) is 18.5 Å². The van der Waals surface area contributed by atoms with Gasteiger partial charge in [-0.3, -0.25) is 24.1 Å². The zero-order valence-electron chi connectivity index (χ0n) is 16.7. The molecule has 0 aliphatic carbocycles. The van der Waals surface area contributed by atoms with Gasteiger partial charge in [0.2, 0.25) is 5.91 Å². The van der Waals surface area contributed by atoms with Gasteiger partial charge in [0.1, 0.15) is 12.3 Å². The molecule has 0 bridgehead atoms. The van der Waals surface area contributed by atoms with Crippen LogP contribution in [0.1, 0.15) is 11.1 Å². The molecule has 0 unspecified atom stereocenters. The summed E-state index contributed by atoms with van der Waals surface area (Å²) in [6.45, 7) is 1.07. The Morgan fingerprint density at radius 1 is 1.25 bits per heavy atom. The highest BCUT2D eigenvalue weighted by Crippen LogP contribution is 2.34. The quantitative estimate of drug-likeness (QED) is 0.515. The van der Waals surface area contributed by atoms with Gasteiger partial charge in [0.15, 0.2) is 6.61 Å². The van der Waals surface area contributed by atoms with E-state index in [1.165, 1.54) is 6.08 Å². The number of hydrogen-bond donors (Lipinski definition) is 2. The van der Waals surface area contributed by atoms with Crippen LogP contribution in [0.4, 0.5) is 10.5 Å². The number of ether oxygens (including phenoxy) is 1. The third-order valence-corrected chi connectivity index (χ3v) is 6.07. The molecule has 0 atom stereocenters. The van der Waals surface area contributed by atoms with Gasteiger partial charge in [-0.1, -0.05) is 33.6 Å². The van der Waals surface area contributed by atoms with E-state index >= 15 is 0 Å². The molecule has 1 fully saturated rings. The van der Waals surface area contributed by atoms with Crippen molar-refractivity contribution in [2.45, 2.75) is 6.92 Å². The Morgan fingerprint density at radius 2 is 2.00 bits per heavy atom. The predicted octanol–water partition coefficient (Wildman–Crippen LogP) is 3.95. The molecule has 0 radical (unpaired) electrons. The third-order valence-electron chi connectivity index (χ3n) is 4.26. The van der Waals surface area contributed by atoms with Gasteiger partial charge in [-0.25, -0.2) is 0 Å². The van der Waals surface area contributed by atoms with Crippen LogP contribution in [-0.2, 0) is 14.4 Å². The summed E-state index contributed by atoms with van der Waals surface area (Å²) in [7, 11) is 0. The lowest BCUT2D eigenvalue weighted by Gasteiger charge is -2.11. The van der Waals surface area contributed by atoms with Gasteiger partial charge in [-0.15, -0.1) is 0 Å². The highest BCUT2D eigenvalue weighted by atomic mass is 79.9. The van der Waals surface area contributed by atoms with Gasteiger partial charge in [-0.05, 0) is 60.7 Å². The first-order valence-electron chi connectivity index (χ1n) is 9.16. The van der Waals surface area contributed by atoms with Crippen molar-refractivity contribution in [3.63, 3.8) is 0 Å². The molecule has 2 aromatic rings. The van der Waals surface area contributed by atoms with E-state index < -0.39 is 29.5 Å². The zero-order valence-corrected chi connectivity index (χ0v) is 19.8. The van der Waals surface area contributed by atoms with Crippen molar-refractivity contribution in [2.24, 2.45) is 5.73 Å². The van der Waals surface area contributed by atoms with Crippen LogP contribution in [0, 0.1) is 6.92 Å². The van der Waals surface area contributed by atoms with Crippen LogP contribution in [0.5, 0.6) is 5.75 Å². The first-order chi connectivity index (χ1) is 15.1. The summed E-state index contributed by atoms with van der Waals surface area (Å²) in [5.41, 5.74) is 6.98. The first kappa shape index (κ1) is 23.8. The zero-order chi connectivity index (χ0) is 23.4. The summed E-state index contributed by atoms with van der Waals surface area (Å²) in [5, 5.41) is 2.64. The maximum absolute atomic E-state index is 12.5. The monoisotopic (exact) mass is 537 g/mol. The van der Waals surface area contributed by atoms with E-state index in [0.29, 0.717) is 38.3 Å². The molecule has 3 rings (SSSR count). The molecule has 0 aromatic heterocycles. The number of nitrogens with zero attached hydrogens (tertiary/aromatic N) is 1. The first-order valence-corrected chi connectivity index (χ1v) is 11.1. The van der Waals surface area contributed by atoms with Crippen molar-refractivity contribution in [3.8, 4) is 5.75 Å². The molecule has 11 heteroatoms. The number of rotatable bonds is 7. The number of anilines is 1. The van der Waals surface area contributed by atoms with Crippen LogP contribution < -0.4 is 15.8 Å². The van der Waals surface area contributed by atoms with Crippen molar-refractivity contribution in [1.82, 2.24) is 4.90 Å². The Kier molecular flexibility index (Phi) is 7.60. The molecule has 32 heavy (non-hydrogen) atoms. The summed E-state index contributed by atoms with van der Waals surface area (Å²) in [5.74, 6) is -1.49. The molecule has 3 N–H and O–H groups in total. The normalized spacial score (nSPS) is 14.7. The molecular weight excluding hydrogens is 522 g/mol. The third kappa shape index (κ3) is 5.90. The van der Waals surface area contributed by atoms with E-state index in [4.69, 9.17) is 22.1 Å². The van der Waals surface area contributed by atoms with Gasteiger partial charge >= 0.3 is 0 Å². The average Bonchev–Trinajstić information content (AvgIpc) is 2.97. The minimum absolute atomic E-state index is 0.109. The summed E-state index contributed by atoms with van der Waals surface area (Å²) >= 11 is 10.1. The highest BCUT2D eigenvalue weighted by Gasteiger charge is 2.36. The number of hydrogen-bond acceptors (Lipinski definition) is 6. The number of nitrogens with one attached hydrogen (secondary N) is 1. The maximum Gasteiger partial charge on any atom is 0.294 e. The SMILES string of the molecule is Cc1ccc(NC(=O)COc2ccc(Br)cc2/C=C2\SC(=O)N(CC(N)=O)C2=O)cc1Cl. The van der Waals surface area contributed by atoms with Gasteiger partial charge in [0.05, 0.1) is 4.91 Å². The number of benzene rings is 2. The molecule has 2 aromatic carbocycles. The van der Waals surface area contributed by atoms with Gasteiger partial charge < -0.3 is 15.8 Å². The largest absolute Gasteiger partial charge is 0.483 e. The number of carbonyl (C=O) groups is 4. The van der Waals surface area contributed by atoms with Crippen molar-refractivity contribution >= 4 is 74.0 Å². The molecule has 1 aliphatic heterocycles. The number of imide groups is 1. The Morgan fingerprint density at radius 3 is 2.69 bits per heavy atom. The molecule has 4 amide bonds. The minimum Gasteiger partial charge on any atom is -0.483 e. The fraction of sp³-hybridized carbons (Fsp3) is 0.143. The Hall–Kier alpha value is -2.82. The lowest BCUT2D eigenvalue weighted by molar-refractivity contribution is -0.127. The molecule has 8 nitrogen and oxygen atoms in total. The second-order valence-corrected chi connectivity index (χ2v) is 9.03. The lowest BCUT2D eigenvalue weighted by Crippen LogP contribution is -2.36. The van der Waals surface area contributed by atoms with Crippen molar-refractivity contribution in [3.05, 3.63) is 61.9 Å². The molecule has 1 heterocycles. The highest BCUT2D eigenvalue weighted by molar-refractivity contribution is 9.10. The Balaban J connectivity index is 1.74. The second-order valence-electron chi connectivity index (χ2n) is 6.72. The lowest BCUT2D eigenvalue weighted by atomic mass is 10.2. The Bertz CT molecular complexity index is 1150. The van der Waals surface area contributed by atoms with Crippen LogP contribution in [0.3, 0.4) is 0 Å². The summed E-state index contributed by atoms with van der Waals surface area (Å²) in [4.78, 5) is 48.8. The number of carbonyl (C=O) groups excluding carboxylic acids is 4. The molecule has 166 valence electrons. The van der Waals surface area contributed by atoms with Crippen LogP contribution in [-0.4, -0.2) is 41.0 Å². The standard InChI is InChI=1S/C21H17BrClN3O5S/c1-11-2-4-14(8-15(11)23)25-19(28)10-31-16-5-3-13(22)6-12(16)7-17-20(29)26(9-18(24)27)21(30)32-17/h2-8H,9-10H2,1H3,(H2,24,27)(H,25,28)/b17-7-. The smallest absolute Gasteiger partial charge is 0.294 e. The fourth-order valence-corrected chi connectivity index (χ4v) is 4.10. The second kappa shape index (κ2) is 10.2. The molecular formula is C21H17BrClN3O5S. The minimum atomic E-state index is -0.791. The number of primary amides is 1. The number of nitrogens with two attached hydrogens (primary N) is 1. The van der Waals surface area contributed by atoms with Crippen molar-refractivity contribution < 1.29 is 23.9 Å². The molecule has 1 aliphatic rings. The molecule has 1 saturated heterocycles. The maximum atomic E-state index is 12.5. The summed E-state index contributed by atoms with van der Waals surface area (Å²) in [6.07, 6.45) is 1.46. The molecule has 0 saturated carbocycles. The van der Waals surface area contributed by atoms with Gasteiger partial charge in [0, 0.05) is 20.7 Å². The van der Waals surface area contributed by atoms with E-state index in [2.05, 4.69) is 21.2 Å². The van der Waals surface area contributed by atoms with Gasteiger partial charge in [-0.2, -0.15) is 0 Å². The summed E-state index contributed by atoms with van der Waals surface area (Å²) < 4.78 is 6.34. The number of halogens is 2. The van der Waals surface area contributed by atoms with Gasteiger partial charge in [0.25, 0.3) is 17.1 Å². The topological polar surface area (TPSA) is 119 Å². The number of amides is 4. The molecule has 0 spiro atoms. The van der Waals surface area contributed by atoms with E-state index in [-0.39, 0.29) is 11.5 Å². The van der Waals surface area contributed by atoms with Crippen LogP contribution in [0.25, 0.3) is 6.08 Å². The summed E-state index contributed by atoms with van der Waals surface area (Å²) in [6, 6.07) is 10.2. The van der Waals surface area contributed by atoms with Crippen LogP contribution in [0.2, 0.25) is 5.02 Å². The van der Waals surface area contributed by atoms with Crippen LogP contribution >= 0.6 is 39.3 Å². The predicted molar refractivity (Wildman–Crippen MR) is 126 cm³/mol. The average molecular weight is 539 g/mol. The van der Waals surface area contributed by atoms with E-state index in [1.807, 2.05) is 6.92 Å². The fourth-order valence-electron chi connectivity index (χ4n) is 2.71. The number of thioether (sulfide) groups is 1. The van der Waals surface area contributed by atoms with Crippen molar-refractivity contribution in [1.29, 1.82) is 0 Å². The van der Waals surface area contributed by atoms with E-state index in [1.54, 1.807) is 36.4 Å². The number of aryl methyl sites for hydroxylation is 1.